The van der Waals surface area contributed by atoms with Gasteiger partial charge in [0.25, 0.3) is 5.56 Å². The predicted molar refractivity (Wildman–Crippen MR) is 170 cm³/mol. The summed E-state index contributed by atoms with van der Waals surface area (Å²) in [6.45, 7) is 0. The number of carbonyl (C=O) groups excluding carboxylic acids is 1. The predicted octanol–water partition coefficient (Wildman–Crippen LogP) is 6.20. The minimum atomic E-state index is -1.16. The highest BCUT2D eigenvalue weighted by molar-refractivity contribution is 6.05. The zero-order valence-corrected chi connectivity index (χ0v) is 24.0. The Kier molecular flexibility index (Phi) is 6.06. The van der Waals surface area contributed by atoms with E-state index in [4.69, 9.17) is 10.2 Å². The average molecular weight is 599 g/mol. The zero-order valence-electron chi connectivity index (χ0n) is 24.0. The summed E-state index contributed by atoms with van der Waals surface area (Å²) < 4.78 is 22.4. The van der Waals surface area contributed by atoms with Gasteiger partial charge in [0, 0.05) is 46.2 Å². The molecule has 1 fully saturated rings. The first-order valence-electron chi connectivity index (χ1n) is 14.7. The topological polar surface area (TPSA) is 132 Å². The van der Waals surface area contributed by atoms with Gasteiger partial charge in [-0.2, -0.15) is 0 Å². The van der Waals surface area contributed by atoms with Crippen molar-refractivity contribution in [3.63, 3.8) is 0 Å². The van der Waals surface area contributed by atoms with Crippen LogP contribution in [0.4, 0.5) is 10.1 Å². The number of para-hydroxylation sites is 1. The summed E-state index contributed by atoms with van der Waals surface area (Å²) in [7, 11) is 0. The van der Waals surface area contributed by atoms with Crippen LogP contribution >= 0.6 is 0 Å². The molecule has 0 bridgehead atoms. The molecule has 7 aromatic rings. The Morgan fingerprint density at radius 1 is 1.02 bits per heavy atom. The summed E-state index contributed by atoms with van der Waals surface area (Å²) >= 11 is 0. The number of halogens is 1. The number of furan rings is 1. The van der Waals surface area contributed by atoms with Crippen molar-refractivity contribution in [2.45, 2.75) is 30.8 Å². The summed E-state index contributed by atoms with van der Waals surface area (Å²) in [5.74, 6) is -1.30. The van der Waals surface area contributed by atoms with Crippen LogP contribution in [0, 0.1) is 5.82 Å². The number of hydrogen-bond donors (Lipinski definition) is 3. The van der Waals surface area contributed by atoms with Crippen LogP contribution in [0.1, 0.15) is 30.1 Å². The van der Waals surface area contributed by atoms with Gasteiger partial charge in [-0.3, -0.25) is 19.1 Å². The standard InChI is InChI=1S/C35H27FN6O3/c36-26-7-3-1-6-24(26)33-39-19-28(34(44)42(33)29(32(37)43)17-22-15-20-18-38-14-11-27(20)40-22)41-35(12-13-35)21-9-10-31-25(16-21)23-5-2-4-8-30(23)45-31/h1-11,14-16,18-19,29,40-41H,12-13,17H2,(H2,37,43). The normalized spacial score (nSPS) is 14.6. The summed E-state index contributed by atoms with van der Waals surface area (Å²) in [6, 6.07) is 22.5. The first kappa shape index (κ1) is 26.8. The number of hydrogen-bond acceptors (Lipinski definition) is 6. The van der Waals surface area contributed by atoms with Crippen LogP contribution < -0.4 is 16.6 Å². The van der Waals surface area contributed by atoms with Crippen molar-refractivity contribution in [3.8, 4) is 11.4 Å². The van der Waals surface area contributed by atoms with Gasteiger partial charge in [0.1, 0.15) is 34.5 Å². The number of rotatable bonds is 8. The number of aromatic nitrogens is 4. The van der Waals surface area contributed by atoms with Crippen LogP contribution in [-0.2, 0) is 16.8 Å². The van der Waals surface area contributed by atoms with Crippen molar-refractivity contribution in [1.82, 2.24) is 19.5 Å². The van der Waals surface area contributed by atoms with Crippen LogP contribution in [0.2, 0.25) is 0 Å². The number of aromatic amines is 1. The number of pyridine rings is 1. The number of nitrogens with two attached hydrogens (primary N) is 1. The lowest BCUT2D eigenvalue weighted by Crippen LogP contribution is -2.38. The highest BCUT2D eigenvalue weighted by Gasteiger charge is 2.45. The van der Waals surface area contributed by atoms with Gasteiger partial charge in [0.15, 0.2) is 0 Å². The van der Waals surface area contributed by atoms with Gasteiger partial charge < -0.3 is 20.5 Å². The number of nitrogens with zero attached hydrogens (tertiary/aromatic N) is 3. The van der Waals surface area contributed by atoms with E-state index < -0.39 is 28.9 Å². The van der Waals surface area contributed by atoms with Crippen LogP contribution in [-0.4, -0.2) is 25.4 Å². The molecule has 4 N–H and O–H groups in total. The van der Waals surface area contributed by atoms with Crippen molar-refractivity contribution in [1.29, 1.82) is 0 Å². The largest absolute Gasteiger partial charge is 0.456 e. The molecule has 0 radical (unpaired) electrons. The lowest BCUT2D eigenvalue weighted by molar-refractivity contribution is -0.121. The van der Waals surface area contributed by atoms with E-state index in [9.17, 15) is 9.59 Å². The van der Waals surface area contributed by atoms with Crippen LogP contribution in [0.15, 0.2) is 107 Å². The fourth-order valence-corrected chi connectivity index (χ4v) is 6.25. The Labute approximate surface area is 255 Å². The zero-order chi connectivity index (χ0) is 30.7. The monoisotopic (exact) mass is 598 g/mol. The van der Waals surface area contributed by atoms with Crippen molar-refractivity contribution >= 4 is 44.4 Å². The highest BCUT2D eigenvalue weighted by Crippen LogP contribution is 2.49. The van der Waals surface area contributed by atoms with Gasteiger partial charge in [0.05, 0.1) is 17.3 Å². The molecule has 0 aliphatic heterocycles. The highest BCUT2D eigenvalue weighted by atomic mass is 19.1. The molecular weight excluding hydrogens is 571 g/mol. The molecule has 4 aromatic heterocycles. The second kappa shape index (κ2) is 10.2. The van der Waals surface area contributed by atoms with E-state index in [2.05, 4.69) is 26.3 Å². The number of H-pyrrole nitrogens is 1. The molecule has 8 rings (SSSR count). The molecular formula is C35H27FN6O3. The Morgan fingerprint density at radius 2 is 1.82 bits per heavy atom. The van der Waals surface area contributed by atoms with E-state index in [0.29, 0.717) is 5.69 Å². The second-order valence-corrected chi connectivity index (χ2v) is 11.5. The molecule has 1 amide bonds. The van der Waals surface area contributed by atoms with E-state index in [1.807, 2.05) is 48.5 Å². The third-order valence-corrected chi connectivity index (χ3v) is 8.69. The summed E-state index contributed by atoms with van der Waals surface area (Å²) in [5.41, 5.74) is 9.30. The number of primary amides is 1. The molecule has 10 heteroatoms. The molecule has 45 heavy (non-hydrogen) atoms. The molecule has 222 valence electrons. The van der Waals surface area contributed by atoms with Gasteiger partial charge in [0.2, 0.25) is 5.91 Å². The van der Waals surface area contributed by atoms with Crippen LogP contribution in [0.25, 0.3) is 44.2 Å². The van der Waals surface area contributed by atoms with Crippen molar-refractivity contribution in [3.05, 3.63) is 125 Å². The molecule has 1 aliphatic carbocycles. The number of anilines is 1. The molecule has 4 heterocycles. The number of nitrogens with one attached hydrogen (secondary N) is 2. The second-order valence-electron chi connectivity index (χ2n) is 11.5. The maximum absolute atomic E-state index is 15.1. The molecule has 1 atom stereocenters. The van der Waals surface area contributed by atoms with E-state index in [1.54, 1.807) is 24.5 Å². The Bertz CT molecular complexity index is 2300. The van der Waals surface area contributed by atoms with Crippen molar-refractivity contribution in [2.75, 3.05) is 5.32 Å². The minimum absolute atomic E-state index is 0.0151. The number of amides is 1. The molecule has 9 nitrogen and oxygen atoms in total. The van der Waals surface area contributed by atoms with Gasteiger partial charge in [-0.05, 0) is 60.9 Å². The first-order valence-corrected chi connectivity index (χ1v) is 14.7. The molecule has 3 aromatic carbocycles. The first-order chi connectivity index (χ1) is 21.9. The number of fused-ring (bicyclic) bond motifs is 4. The van der Waals surface area contributed by atoms with Gasteiger partial charge in [-0.1, -0.05) is 36.4 Å². The average Bonchev–Trinajstić information content (AvgIpc) is 3.56. The van der Waals surface area contributed by atoms with E-state index in [-0.39, 0.29) is 23.5 Å². The third-order valence-electron chi connectivity index (χ3n) is 8.69. The summed E-state index contributed by atoms with van der Waals surface area (Å²) in [5, 5.41) is 6.30. The molecule has 0 spiro atoms. The van der Waals surface area contributed by atoms with E-state index in [0.717, 1.165) is 51.2 Å². The Balaban J connectivity index is 1.23. The minimum Gasteiger partial charge on any atom is -0.456 e. The van der Waals surface area contributed by atoms with Gasteiger partial charge in [-0.15, -0.1) is 0 Å². The number of benzene rings is 3. The fraction of sp³-hybridized carbons (Fsp3) is 0.143. The lowest BCUT2D eigenvalue weighted by atomic mass is 10.0. The third kappa shape index (κ3) is 4.53. The molecule has 1 saturated carbocycles. The van der Waals surface area contributed by atoms with Gasteiger partial charge >= 0.3 is 0 Å². The fourth-order valence-electron chi connectivity index (χ4n) is 6.25. The van der Waals surface area contributed by atoms with Crippen molar-refractivity contribution < 1.29 is 13.6 Å². The van der Waals surface area contributed by atoms with Gasteiger partial charge in [-0.25, -0.2) is 9.37 Å². The maximum atomic E-state index is 15.1. The molecule has 1 aliphatic rings. The quantitative estimate of drug-likeness (QED) is 0.191. The maximum Gasteiger partial charge on any atom is 0.277 e. The summed E-state index contributed by atoms with van der Waals surface area (Å²) in [6.07, 6.45) is 6.41. The SMILES string of the molecule is NC(=O)C(Cc1cc2cnccc2[nH]1)n1c(-c2ccccc2F)ncc(NC2(c3ccc4oc5ccccc5c4c3)CC2)c1=O. The van der Waals surface area contributed by atoms with E-state index in [1.165, 1.54) is 22.9 Å². The van der Waals surface area contributed by atoms with E-state index >= 15 is 4.39 Å². The lowest BCUT2D eigenvalue weighted by Gasteiger charge is -2.24. The smallest absolute Gasteiger partial charge is 0.277 e. The van der Waals surface area contributed by atoms with Crippen LogP contribution in [0.5, 0.6) is 0 Å². The number of carbonyl (C=O) groups is 1. The van der Waals surface area contributed by atoms with Crippen molar-refractivity contribution in [2.24, 2.45) is 5.73 Å². The Hall–Kier alpha value is -5.77. The molecule has 0 saturated heterocycles. The summed E-state index contributed by atoms with van der Waals surface area (Å²) in [4.78, 5) is 39.4. The Morgan fingerprint density at radius 3 is 2.62 bits per heavy atom. The molecule has 1 unspecified atom stereocenters. The van der Waals surface area contributed by atoms with Crippen LogP contribution in [0.3, 0.4) is 0 Å².